The first-order valence-electron chi connectivity index (χ1n) is 6.58. The van der Waals surface area contributed by atoms with Gasteiger partial charge >= 0.3 is 12.1 Å². The fourth-order valence-electron chi connectivity index (χ4n) is 1.47. The molecule has 0 aliphatic heterocycles. The van der Waals surface area contributed by atoms with E-state index < -0.39 is 17.7 Å². The number of hydrogen-bond donors (Lipinski definition) is 2. The van der Waals surface area contributed by atoms with E-state index in [-0.39, 0.29) is 6.42 Å². The summed E-state index contributed by atoms with van der Waals surface area (Å²) in [6.07, 6.45) is 1.25. The van der Waals surface area contributed by atoms with Gasteiger partial charge in [0, 0.05) is 13.0 Å². The summed E-state index contributed by atoms with van der Waals surface area (Å²) in [7, 11) is 1.94. The number of aliphatic carboxylic acids is 1. The number of carbonyl (C=O) groups is 2. The quantitative estimate of drug-likeness (QED) is 0.659. The lowest BCUT2D eigenvalue weighted by Gasteiger charge is -2.20. The van der Waals surface area contributed by atoms with Crippen LogP contribution in [0.2, 0.25) is 0 Å². The van der Waals surface area contributed by atoms with Crippen molar-refractivity contribution in [2.75, 3.05) is 26.7 Å². The van der Waals surface area contributed by atoms with E-state index in [9.17, 15) is 9.59 Å². The van der Waals surface area contributed by atoms with Crippen molar-refractivity contribution in [3.63, 3.8) is 0 Å². The lowest BCUT2D eigenvalue weighted by molar-refractivity contribution is -0.137. The maximum atomic E-state index is 11.3. The van der Waals surface area contributed by atoms with Crippen molar-refractivity contribution in [1.29, 1.82) is 0 Å². The Morgan fingerprint density at radius 2 is 1.79 bits per heavy atom. The number of nitrogens with one attached hydrogen (secondary N) is 1. The fraction of sp³-hybridized carbons (Fsp3) is 0.846. The van der Waals surface area contributed by atoms with Crippen LogP contribution in [0.1, 0.15) is 40.0 Å². The molecule has 19 heavy (non-hydrogen) atoms. The molecule has 0 radical (unpaired) electrons. The predicted octanol–water partition coefficient (Wildman–Crippen LogP) is 1.70. The molecule has 0 rings (SSSR count). The Morgan fingerprint density at radius 1 is 1.21 bits per heavy atom. The van der Waals surface area contributed by atoms with Crippen LogP contribution >= 0.6 is 0 Å². The van der Waals surface area contributed by atoms with Crippen molar-refractivity contribution in [3.8, 4) is 0 Å². The van der Waals surface area contributed by atoms with Crippen molar-refractivity contribution >= 4 is 12.1 Å². The Hall–Kier alpha value is -1.30. The molecule has 0 spiro atoms. The van der Waals surface area contributed by atoms with Gasteiger partial charge in [0.2, 0.25) is 0 Å². The van der Waals surface area contributed by atoms with Gasteiger partial charge in [0.15, 0.2) is 0 Å². The summed E-state index contributed by atoms with van der Waals surface area (Å²) in [4.78, 5) is 23.7. The minimum absolute atomic E-state index is 0.195. The van der Waals surface area contributed by atoms with E-state index in [0.717, 1.165) is 19.5 Å². The molecule has 0 bridgehead atoms. The molecule has 0 unspecified atom stereocenters. The van der Waals surface area contributed by atoms with Crippen LogP contribution in [-0.4, -0.2) is 54.4 Å². The third-order valence-corrected chi connectivity index (χ3v) is 2.32. The minimum Gasteiger partial charge on any atom is -0.481 e. The zero-order valence-electron chi connectivity index (χ0n) is 12.4. The van der Waals surface area contributed by atoms with E-state index in [4.69, 9.17) is 9.84 Å². The van der Waals surface area contributed by atoms with Crippen LogP contribution in [0.25, 0.3) is 0 Å². The molecule has 0 saturated carbocycles. The molecule has 0 aromatic carbocycles. The second kappa shape index (κ2) is 8.74. The Labute approximate surface area is 115 Å². The molecule has 6 heteroatoms. The first-order valence-corrected chi connectivity index (χ1v) is 6.58. The van der Waals surface area contributed by atoms with Gasteiger partial charge in [-0.2, -0.15) is 0 Å². The molecule has 1 amide bonds. The normalized spacial score (nSPS) is 11.4. The van der Waals surface area contributed by atoms with Gasteiger partial charge in [0.05, 0.1) is 0 Å². The number of carboxylic acid groups (broad SMARTS) is 1. The summed E-state index contributed by atoms with van der Waals surface area (Å²) < 4.78 is 5.11. The van der Waals surface area contributed by atoms with Crippen molar-refractivity contribution < 1.29 is 19.4 Å². The number of alkyl carbamates (subject to hydrolysis) is 1. The average Bonchev–Trinajstić information content (AvgIpc) is 2.21. The second-order valence-electron chi connectivity index (χ2n) is 5.58. The van der Waals surface area contributed by atoms with Gasteiger partial charge in [0.25, 0.3) is 0 Å². The van der Waals surface area contributed by atoms with E-state index >= 15 is 0 Å². The number of nitrogens with zero attached hydrogens (tertiary/aromatic N) is 1. The van der Waals surface area contributed by atoms with Crippen LogP contribution in [0.5, 0.6) is 0 Å². The first-order chi connectivity index (χ1) is 8.70. The van der Waals surface area contributed by atoms with Crippen molar-refractivity contribution in [3.05, 3.63) is 0 Å². The van der Waals surface area contributed by atoms with E-state index in [1.54, 1.807) is 0 Å². The van der Waals surface area contributed by atoms with Gasteiger partial charge in [0.1, 0.15) is 5.60 Å². The van der Waals surface area contributed by atoms with E-state index in [2.05, 4.69) is 10.2 Å². The standard InChI is InChI=1S/C13H26N2O4/c1-13(2,3)19-12(18)14-8-6-10-15(4)9-5-7-11(16)17/h5-10H2,1-4H3,(H,14,18)(H,16,17). The predicted molar refractivity (Wildman–Crippen MR) is 73.2 cm³/mol. The number of carboxylic acids is 1. The summed E-state index contributed by atoms with van der Waals surface area (Å²) in [5.74, 6) is -0.764. The topological polar surface area (TPSA) is 78.9 Å². The molecule has 0 heterocycles. The zero-order chi connectivity index (χ0) is 14.9. The molecular weight excluding hydrogens is 248 g/mol. The van der Waals surface area contributed by atoms with E-state index in [1.807, 2.05) is 27.8 Å². The maximum absolute atomic E-state index is 11.3. The summed E-state index contributed by atoms with van der Waals surface area (Å²) in [5, 5.41) is 11.2. The Morgan fingerprint density at radius 3 is 2.32 bits per heavy atom. The molecule has 0 aliphatic rings. The molecule has 0 atom stereocenters. The van der Waals surface area contributed by atoms with Gasteiger partial charge in [-0.25, -0.2) is 4.79 Å². The monoisotopic (exact) mass is 274 g/mol. The zero-order valence-corrected chi connectivity index (χ0v) is 12.4. The lowest BCUT2D eigenvalue weighted by atomic mass is 10.2. The molecule has 0 fully saturated rings. The van der Waals surface area contributed by atoms with Gasteiger partial charge < -0.3 is 20.1 Å². The molecular formula is C13H26N2O4. The molecule has 112 valence electrons. The molecule has 2 N–H and O–H groups in total. The van der Waals surface area contributed by atoms with Crippen molar-refractivity contribution in [1.82, 2.24) is 10.2 Å². The minimum atomic E-state index is -0.764. The molecule has 0 saturated heterocycles. The summed E-state index contributed by atoms with van der Waals surface area (Å²) in [6, 6.07) is 0. The largest absolute Gasteiger partial charge is 0.481 e. The highest BCUT2D eigenvalue weighted by Gasteiger charge is 2.15. The Kier molecular flexibility index (Phi) is 8.14. The third kappa shape index (κ3) is 12.9. The Bertz CT molecular complexity index is 287. The van der Waals surface area contributed by atoms with Crippen LogP contribution < -0.4 is 5.32 Å². The highest BCUT2D eigenvalue weighted by atomic mass is 16.6. The Balaban J connectivity index is 3.53. The SMILES string of the molecule is CN(CCCNC(=O)OC(C)(C)C)CCCC(=O)O. The average molecular weight is 274 g/mol. The number of amides is 1. The van der Waals surface area contributed by atoms with Gasteiger partial charge in [-0.05, 0) is 53.8 Å². The highest BCUT2D eigenvalue weighted by molar-refractivity contribution is 5.67. The third-order valence-electron chi connectivity index (χ3n) is 2.32. The first kappa shape index (κ1) is 17.7. The summed E-state index contributed by atoms with van der Waals surface area (Å²) in [6.45, 7) is 7.58. The van der Waals surface area contributed by atoms with Crippen molar-refractivity contribution in [2.24, 2.45) is 0 Å². The van der Waals surface area contributed by atoms with Gasteiger partial charge in [-0.1, -0.05) is 0 Å². The van der Waals surface area contributed by atoms with E-state index in [0.29, 0.717) is 13.0 Å². The number of ether oxygens (including phenoxy) is 1. The summed E-state index contributed by atoms with van der Waals surface area (Å²) in [5.41, 5.74) is -0.474. The van der Waals surface area contributed by atoms with Crippen LogP contribution in [-0.2, 0) is 9.53 Å². The van der Waals surface area contributed by atoms with Crippen LogP contribution in [0.3, 0.4) is 0 Å². The van der Waals surface area contributed by atoms with Gasteiger partial charge in [-0.15, -0.1) is 0 Å². The highest BCUT2D eigenvalue weighted by Crippen LogP contribution is 2.06. The smallest absolute Gasteiger partial charge is 0.407 e. The number of carbonyl (C=O) groups excluding carboxylic acids is 1. The second-order valence-corrected chi connectivity index (χ2v) is 5.58. The number of rotatable bonds is 8. The van der Waals surface area contributed by atoms with E-state index in [1.165, 1.54) is 0 Å². The molecule has 0 aromatic rings. The lowest BCUT2D eigenvalue weighted by Crippen LogP contribution is -2.34. The van der Waals surface area contributed by atoms with Crippen LogP contribution in [0, 0.1) is 0 Å². The van der Waals surface area contributed by atoms with Crippen molar-refractivity contribution in [2.45, 2.75) is 45.6 Å². The fourth-order valence-corrected chi connectivity index (χ4v) is 1.47. The van der Waals surface area contributed by atoms with Crippen LogP contribution in [0.15, 0.2) is 0 Å². The summed E-state index contributed by atoms with van der Waals surface area (Å²) >= 11 is 0. The molecule has 6 nitrogen and oxygen atoms in total. The molecule has 0 aromatic heterocycles. The van der Waals surface area contributed by atoms with Crippen LogP contribution in [0.4, 0.5) is 4.79 Å². The van der Waals surface area contributed by atoms with Gasteiger partial charge in [-0.3, -0.25) is 4.79 Å². The maximum Gasteiger partial charge on any atom is 0.407 e. The molecule has 0 aliphatic carbocycles. The number of hydrogen-bond acceptors (Lipinski definition) is 4.